The van der Waals surface area contributed by atoms with Gasteiger partial charge in [-0.2, -0.15) is 5.26 Å². The molecule has 0 radical (unpaired) electrons. The number of allylic oxidation sites excluding steroid dienone is 1. The standard InChI is InChI=1S/C21H19IN2O5/c22-15-8-11-18(25)17(12-15)19(4-2-1-3-5-20(26)27)29-21(28)24-16-9-6-14(13-23)7-10-16/h3,5-12,19,25H,1-2,4H2,(H,24,28)(H,26,27)/b5-3+/t19-/m0/s1. The normalized spacial score (nSPS) is 11.6. The van der Waals surface area contributed by atoms with Crippen LogP contribution < -0.4 is 5.32 Å². The number of carboxylic acids is 1. The van der Waals surface area contributed by atoms with E-state index in [1.165, 1.54) is 12.1 Å². The van der Waals surface area contributed by atoms with Crippen molar-refractivity contribution < 1.29 is 24.5 Å². The van der Waals surface area contributed by atoms with Crippen LogP contribution >= 0.6 is 22.6 Å². The minimum absolute atomic E-state index is 0.0164. The van der Waals surface area contributed by atoms with Gasteiger partial charge in [-0.05, 0) is 84.3 Å². The Balaban J connectivity index is 2.08. The van der Waals surface area contributed by atoms with Crippen molar-refractivity contribution in [1.82, 2.24) is 0 Å². The summed E-state index contributed by atoms with van der Waals surface area (Å²) in [4.78, 5) is 22.9. The van der Waals surface area contributed by atoms with E-state index >= 15 is 0 Å². The van der Waals surface area contributed by atoms with Gasteiger partial charge in [0.2, 0.25) is 0 Å². The molecule has 2 aromatic rings. The predicted octanol–water partition coefficient (Wildman–Crippen LogP) is 4.97. The van der Waals surface area contributed by atoms with Crippen molar-refractivity contribution in [2.45, 2.75) is 25.4 Å². The van der Waals surface area contributed by atoms with E-state index in [-0.39, 0.29) is 5.75 Å². The number of carbonyl (C=O) groups is 2. The van der Waals surface area contributed by atoms with Crippen molar-refractivity contribution in [3.63, 3.8) is 0 Å². The second-order valence-electron chi connectivity index (χ2n) is 6.08. The van der Waals surface area contributed by atoms with Crippen molar-refractivity contribution in [3.05, 3.63) is 69.3 Å². The number of amides is 1. The molecule has 0 aromatic heterocycles. The predicted molar refractivity (Wildman–Crippen MR) is 115 cm³/mol. The number of ether oxygens (including phenoxy) is 1. The maximum Gasteiger partial charge on any atom is 0.412 e. The molecule has 2 aromatic carbocycles. The van der Waals surface area contributed by atoms with Crippen LogP contribution in [-0.2, 0) is 9.53 Å². The van der Waals surface area contributed by atoms with E-state index in [9.17, 15) is 14.7 Å². The molecule has 2 rings (SSSR count). The monoisotopic (exact) mass is 506 g/mol. The molecule has 0 aliphatic heterocycles. The molecule has 0 fully saturated rings. The minimum Gasteiger partial charge on any atom is -0.508 e. The number of benzene rings is 2. The van der Waals surface area contributed by atoms with Crippen LogP contribution in [0.1, 0.15) is 36.5 Å². The van der Waals surface area contributed by atoms with Crippen LogP contribution in [0.25, 0.3) is 0 Å². The number of nitriles is 1. The van der Waals surface area contributed by atoms with E-state index in [0.717, 1.165) is 9.65 Å². The summed E-state index contributed by atoms with van der Waals surface area (Å²) in [5.41, 5.74) is 1.43. The minimum atomic E-state index is -1.02. The molecule has 0 aliphatic carbocycles. The van der Waals surface area contributed by atoms with Crippen molar-refractivity contribution in [2.24, 2.45) is 0 Å². The number of hydrogen-bond acceptors (Lipinski definition) is 5. The number of hydrogen-bond donors (Lipinski definition) is 3. The van der Waals surface area contributed by atoms with Crippen LogP contribution in [-0.4, -0.2) is 22.3 Å². The van der Waals surface area contributed by atoms with Crippen LogP contribution in [0.5, 0.6) is 5.75 Å². The average Bonchev–Trinajstić information content (AvgIpc) is 2.69. The van der Waals surface area contributed by atoms with Crippen molar-refractivity contribution >= 4 is 40.3 Å². The number of phenols is 1. The Morgan fingerprint density at radius 2 is 1.97 bits per heavy atom. The molecule has 1 atom stereocenters. The summed E-state index contributed by atoms with van der Waals surface area (Å²) >= 11 is 2.10. The second kappa shape index (κ2) is 11.1. The lowest BCUT2D eigenvalue weighted by Gasteiger charge is -2.20. The highest BCUT2D eigenvalue weighted by Gasteiger charge is 2.20. The van der Waals surface area contributed by atoms with Gasteiger partial charge in [0.15, 0.2) is 0 Å². The van der Waals surface area contributed by atoms with Gasteiger partial charge in [-0.15, -0.1) is 0 Å². The first kappa shape index (κ1) is 22.2. The van der Waals surface area contributed by atoms with E-state index in [2.05, 4.69) is 27.9 Å². The summed E-state index contributed by atoms with van der Waals surface area (Å²) in [6, 6.07) is 13.4. The van der Waals surface area contributed by atoms with Gasteiger partial charge in [0.05, 0.1) is 11.6 Å². The zero-order valence-electron chi connectivity index (χ0n) is 15.3. The molecule has 8 heteroatoms. The van der Waals surface area contributed by atoms with Gasteiger partial charge >= 0.3 is 12.1 Å². The third-order valence-electron chi connectivity index (χ3n) is 3.94. The molecule has 0 spiro atoms. The second-order valence-corrected chi connectivity index (χ2v) is 7.33. The number of phenolic OH excluding ortho intramolecular Hbond substituents is 1. The number of aromatic hydroxyl groups is 1. The molecule has 7 nitrogen and oxygen atoms in total. The van der Waals surface area contributed by atoms with Crippen LogP contribution in [0.3, 0.4) is 0 Å². The summed E-state index contributed by atoms with van der Waals surface area (Å²) < 4.78 is 6.42. The number of nitrogens with zero attached hydrogens (tertiary/aromatic N) is 1. The molecule has 0 saturated heterocycles. The Hall–Kier alpha value is -3.06. The highest BCUT2D eigenvalue weighted by Crippen LogP contribution is 2.32. The zero-order valence-corrected chi connectivity index (χ0v) is 17.5. The molecule has 0 heterocycles. The first-order valence-corrected chi connectivity index (χ1v) is 9.82. The summed E-state index contributed by atoms with van der Waals surface area (Å²) in [6.07, 6.45) is 2.65. The lowest BCUT2D eigenvalue weighted by Crippen LogP contribution is -2.18. The Kier molecular flexibility index (Phi) is 8.48. The number of carboxylic acid groups (broad SMARTS) is 1. The lowest BCUT2D eigenvalue weighted by atomic mass is 10.0. The fourth-order valence-electron chi connectivity index (χ4n) is 2.57. The Bertz CT molecular complexity index is 935. The van der Waals surface area contributed by atoms with E-state index in [1.807, 2.05) is 6.07 Å². The number of halogens is 1. The number of unbranched alkanes of at least 4 members (excludes halogenated alkanes) is 1. The fraction of sp³-hybridized carbons (Fsp3) is 0.190. The molecular formula is C21H19IN2O5. The molecule has 0 saturated carbocycles. The zero-order chi connectivity index (χ0) is 21.2. The van der Waals surface area contributed by atoms with Gasteiger partial charge in [-0.3, -0.25) is 5.32 Å². The molecule has 1 amide bonds. The highest BCUT2D eigenvalue weighted by molar-refractivity contribution is 14.1. The van der Waals surface area contributed by atoms with Crippen LogP contribution in [0, 0.1) is 14.9 Å². The maximum atomic E-state index is 12.4. The van der Waals surface area contributed by atoms with Gasteiger partial charge < -0.3 is 14.9 Å². The van der Waals surface area contributed by atoms with E-state index < -0.39 is 18.2 Å². The summed E-state index contributed by atoms with van der Waals surface area (Å²) in [7, 11) is 0. The smallest absolute Gasteiger partial charge is 0.412 e. The highest BCUT2D eigenvalue weighted by atomic mass is 127. The SMILES string of the molecule is N#Cc1ccc(NC(=O)O[C@@H](CCC/C=C/C(=O)O)c2cc(I)ccc2O)cc1. The van der Waals surface area contributed by atoms with E-state index in [0.29, 0.717) is 36.1 Å². The van der Waals surface area contributed by atoms with E-state index in [1.54, 1.807) is 36.4 Å². The summed E-state index contributed by atoms with van der Waals surface area (Å²) in [5.74, 6) is -1.00. The van der Waals surface area contributed by atoms with Crippen molar-refractivity contribution in [3.8, 4) is 11.8 Å². The van der Waals surface area contributed by atoms with Crippen molar-refractivity contribution in [1.29, 1.82) is 5.26 Å². The Labute approximate surface area is 181 Å². The number of carbonyl (C=O) groups excluding carboxylic acids is 1. The molecule has 0 unspecified atom stereocenters. The molecular weight excluding hydrogens is 487 g/mol. The molecule has 29 heavy (non-hydrogen) atoms. The van der Waals surface area contributed by atoms with Gasteiger partial charge in [-0.1, -0.05) is 6.08 Å². The van der Waals surface area contributed by atoms with Crippen molar-refractivity contribution in [2.75, 3.05) is 5.32 Å². The molecule has 0 aliphatic rings. The average molecular weight is 506 g/mol. The summed E-state index contributed by atoms with van der Waals surface area (Å²) in [5, 5.41) is 30.3. The van der Waals surface area contributed by atoms with E-state index in [4.69, 9.17) is 15.1 Å². The maximum absolute atomic E-state index is 12.4. The number of anilines is 1. The summed E-state index contributed by atoms with van der Waals surface area (Å²) in [6.45, 7) is 0. The number of aliphatic carboxylic acids is 1. The topological polar surface area (TPSA) is 120 Å². The van der Waals surface area contributed by atoms with Crippen LogP contribution in [0.2, 0.25) is 0 Å². The van der Waals surface area contributed by atoms with Crippen LogP contribution in [0.15, 0.2) is 54.6 Å². The Morgan fingerprint density at radius 3 is 2.62 bits per heavy atom. The van der Waals surface area contributed by atoms with Gasteiger partial charge in [-0.25, -0.2) is 9.59 Å². The largest absolute Gasteiger partial charge is 0.508 e. The Morgan fingerprint density at radius 1 is 1.24 bits per heavy atom. The number of nitrogens with one attached hydrogen (secondary N) is 1. The van der Waals surface area contributed by atoms with Gasteiger partial charge in [0.25, 0.3) is 0 Å². The molecule has 0 bridgehead atoms. The third-order valence-corrected chi connectivity index (χ3v) is 4.61. The molecule has 150 valence electrons. The quantitative estimate of drug-likeness (QED) is 0.264. The molecule has 3 N–H and O–H groups in total. The lowest BCUT2D eigenvalue weighted by molar-refractivity contribution is -0.131. The fourth-order valence-corrected chi connectivity index (χ4v) is 3.09. The number of rotatable bonds is 8. The van der Waals surface area contributed by atoms with Gasteiger partial charge in [0.1, 0.15) is 11.9 Å². The first-order valence-electron chi connectivity index (χ1n) is 8.74. The van der Waals surface area contributed by atoms with Gasteiger partial charge in [0, 0.05) is 20.9 Å². The first-order chi connectivity index (χ1) is 13.9. The van der Waals surface area contributed by atoms with Crippen LogP contribution in [0.4, 0.5) is 10.5 Å². The third kappa shape index (κ3) is 7.46.